The van der Waals surface area contributed by atoms with E-state index in [9.17, 15) is 23.3 Å². The monoisotopic (exact) mass is 389 g/mol. The number of nitro groups is 1. The van der Waals surface area contributed by atoms with Crippen LogP contribution in [0.4, 0.5) is 5.00 Å². The maximum atomic E-state index is 12.0. The Hall–Kier alpha value is -2.01. The van der Waals surface area contributed by atoms with Crippen LogP contribution in [-0.2, 0) is 10.0 Å². The lowest BCUT2D eigenvalue weighted by molar-refractivity contribution is -0.380. The Bertz CT molecular complexity index is 866. The zero-order valence-corrected chi connectivity index (χ0v) is 14.5. The van der Waals surface area contributed by atoms with Crippen LogP contribution in [-0.4, -0.2) is 32.3 Å². The zero-order chi connectivity index (χ0) is 17.7. The summed E-state index contributed by atoms with van der Waals surface area (Å²) in [5.41, 5.74) is 0. The molecule has 128 valence electrons. The molecule has 0 saturated heterocycles. The molecule has 2 rings (SSSR count). The van der Waals surface area contributed by atoms with E-state index in [1.165, 1.54) is 30.3 Å². The van der Waals surface area contributed by atoms with E-state index in [1.807, 2.05) is 0 Å². The van der Waals surface area contributed by atoms with Gasteiger partial charge in [0.25, 0.3) is 5.91 Å². The van der Waals surface area contributed by atoms with Crippen LogP contribution in [0.25, 0.3) is 0 Å². The molecule has 2 N–H and O–H groups in total. The van der Waals surface area contributed by atoms with Crippen molar-refractivity contribution >= 4 is 43.9 Å². The van der Waals surface area contributed by atoms with Gasteiger partial charge in [0.15, 0.2) is 0 Å². The number of amides is 1. The van der Waals surface area contributed by atoms with Gasteiger partial charge >= 0.3 is 5.00 Å². The predicted octanol–water partition coefficient (Wildman–Crippen LogP) is 2.02. The number of thiophene rings is 1. The van der Waals surface area contributed by atoms with Crippen molar-refractivity contribution in [3.05, 3.63) is 56.4 Å². The average Bonchev–Trinajstić information content (AvgIpc) is 3.02. The number of nitrogens with one attached hydrogen (secondary N) is 2. The first-order chi connectivity index (χ1) is 11.3. The first kappa shape index (κ1) is 18.3. The van der Waals surface area contributed by atoms with E-state index in [0.717, 1.165) is 11.3 Å². The fourth-order valence-electron chi connectivity index (χ4n) is 1.71. The van der Waals surface area contributed by atoms with Gasteiger partial charge in [-0.05, 0) is 24.3 Å². The van der Waals surface area contributed by atoms with Crippen LogP contribution in [0.2, 0.25) is 5.02 Å². The van der Waals surface area contributed by atoms with E-state index in [1.54, 1.807) is 6.07 Å². The standard InChI is InChI=1S/C13H12ClN3O5S2/c14-9-2-1-3-10(8-9)24(21,22)16-7-6-15-13(18)11-4-5-12(23-11)17(19)20/h1-5,8,16H,6-7H2,(H,15,18). The predicted molar refractivity (Wildman–Crippen MR) is 89.9 cm³/mol. The zero-order valence-electron chi connectivity index (χ0n) is 12.1. The van der Waals surface area contributed by atoms with Crippen LogP contribution >= 0.6 is 22.9 Å². The molecule has 0 bridgehead atoms. The number of rotatable bonds is 7. The van der Waals surface area contributed by atoms with E-state index in [-0.39, 0.29) is 27.9 Å². The van der Waals surface area contributed by atoms with E-state index in [2.05, 4.69) is 10.0 Å². The molecule has 0 aliphatic carbocycles. The third kappa shape index (κ3) is 4.74. The van der Waals surface area contributed by atoms with Crippen molar-refractivity contribution in [1.82, 2.24) is 10.0 Å². The van der Waals surface area contributed by atoms with Crippen molar-refractivity contribution in [2.75, 3.05) is 13.1 Å². The summed E-state index contributed by atoms with van der Waals surface area (Å²) in [6, 6.07) is 8.36. The summed E-state index contributed by atoms with van der Waals surface area (Å²) in [6.45, 7) is -0.00161. The SMILES string of the molecule is O=C(NCCNS(=O)(=O)c1cccc(Cl)c1)c1ccc([N+](=O)[O-])s1. The minimum absolute atomic E-state index is 0.0233. The summed E-state index contributed by atoms with van der Waals surface area (Å²) in [4.78, 5) is 22.0. The van der Waals surface area contributed by atoms with Crippen LogP contribution in [0.3, 0.4) is 0 Å². The van der Waals surface area contributed by atoms with Gasteiger partial charge in [-0.3, -0.25) is 14.9 Å². The highest BCUT2D eigenvalue weighted by Crippen LogP contribution is 2.23. The molecule has 0 atom stereocenters. The van der Waals surface area contributed by atoms with Crippen LogP contribution in [0.1, 0.15) is 9.67 Å². The van der Waals surface area contributed by atoms with Crippen molar-refractivity contribution < 1.29 is 18.1 Å². The Morgan fingerprint density at radius 2 is 2.00 bits per heavy atom. The van der Waals surface area contributed by atoms with Crippen LogP contribution in [0.15, 0.2) is 41.3 Å². The minimum atomic E-state index is -3.72. The molecule has 1 amide bonds. The van der Waals surface area contributed by atoms with E-state index < -0.39 is 20.9 Å². The molecule has 8 nitrogen and oxygen atoms in total. The van der Waals surface area contributed by atoms with Gasteiger partial charge in [-0.15, -0.1) is 0 Å². The lowest BCUT2D eigenvalue weighted by atomic mass is 10.4. The maximum Gasteiger partial charge on any atom is 0.324 e. The number of hydrogen-bond donors (Lipinski definition) is 2. The number of carbonyl (C=O) groups is 1. The van der Waals surface area contributed by atoms with E-state index >= 15 is 0 Å². The van der Waals surface area contributed by atoms with E-state index in [0.29, 0.717) is 5.02 Å². The number of carbonyl (C=O) groups excluding carboxylic acids is 1. The summed E-state index contributed by atoms with van der Waals surface area (Å²) in [7, 11) is -3.72. The second-order valence-electron chi connectivity index (χ2n) is 4.51. The highest BCUT2D eigenvalue weighted by molar-refractivity contribution is 7.89. The van der Waals surface area contributed by atoms with Gasteiger partial charge in [-0.2, -0.15) is 0 Å². The van der Waals surface area contributed by atoms with Crippen LogP contribution in [0.5, 0.6) is 0 Å². The molecular formula is C13H12ClN3O5S2. The van der Waals surface area contributed by atoms with Gasteiger partial charge in [-0.1, -0.05) is 29.0 Å². The van der Waals surface area contributed by atoms with Crippen molar-refractivity contribution in [3.8, 4) is 0 Å². The second-order valence-corrected chi connectivity index (χ2v) is 7.77. The number of nitrogens with zero attached hydrogens (tertiary/aromatic N) is 1. The highest BCUT2D eigenvalue weighted by Gasteiger charge is 2.16. The average molecular weight is 390 g/mol. The normalized spacial score (nSPS) is 11.2. The molecule has 24 heavy (non-hydrogen) atoms. The fraction of sp³-hybridized carbons (Fsp3) is 0.154. The first-order valence-corrected chi connectivity index (χ1v) is 9.25. The van der Waals surface area contributed by atoms with Crippen molar-refractivity contribution in [3.63, 3.8) is 0 Å². The molecule has 0 spiro atoms. The molecular weight excluding hydrogens is 378 g/mol. The molecule has 1 aromatic heterocycles. The van der Waals surface area contributed by atoms with Crippen LogP contribution < -0.4 is 10.0 Å². The molecule has 0 aliphatic heterocycles. The summed E-state index contributed by atoms with van der Waals surface area (Å²) in [5, 5.41) is 13.2. The van der Waals surface area contributed by atoms with Gasteiger partial charge < -0.3 is 5.32 Å². The molecule has 11 heteroatoms. The van der Waals surface area contributed by atoms with Crippen LogP contribution in [0, 0.1) is 10.1 Å². The Kier molecular flexibility index (Phi) is 5.89. The van der Waals surface area contributed by atoms with E-state index in [4.69, 9.17) is 11.6 Å². The van der Waals surface area contributed by atoms with Gasteiger partial charge in [0.1, 0.15) is 0 Å². The molecule has 1 heterocycles. The molecule has 2 aromatic rings. The molecule has 1 aromatic carbocycles. The molecule has 0 fully saturated rings. The maximum absolute atomic E-state index is 12.0. The van der Waals surface area contributed by atoms with Gasteiger partial charge in [0.2, 0.25) is 10.0 Å². The van der Waals surface area contributed by atoms with Crippen molar-refractivity contribution in [2.24, 2.45) is 0 Å². The fourth-order valence-corrected chi connectivity index (χ4v) is 3.78. The summed E-state index contributed by atoms with van der Waals surface area (Å²) in [5.74, 6) is -0.505. The summed E-state index contributed by atoms with van der Waals surface area (Å²) in [6.07, 6.45) is 0. The Morgan fingerprint density at radius 3 is 2.62 bits per heavy atom. The summed E-state index contributed by atoms with van der Waals surface area (Å²) >= 11 is 6.50. The van der Waals surface area contributed by atoms with Gasteiger partial charge in [0.05, 0.1) is 14.7 Å². The van der Waals surface area contributed by atoms with Gasteiger partial charge in [-0.25, -0.2) is 13.1 Å². The topological polar surface area (TPSA) is 118 Å². The molecule has 0 radical (unpaired) electrons. The number of halogens is 1. The lowest BCUT2D eigenvalue weighted by Gasteiger charge is -2.07. The van der Waals surface area contributed by atoms with Crippen molar-refractivity contribution in [1.29, 1.82) is 0 Å². The number of benzene rings is 1. The first-order valence-electron chi connectivity index (χ1n) is 6.57. The molecule has 0 aliphatic rings. The second kappa shape index (κ2) is 7.71. The largest absolute Gasteiger partial charge is 0.350 e. The van der Waals surface area contributed by atoms with Gasteiger partial charge in [0, 0.05) is 24.2 Å². The minimum Gasteiger partial charge on any atom is -0.350 e. The summed E-state index contributed by atoms with van der Waals surface area (Å²) < 4.78 is 26.4. The number of hydrogen-bond acceptors (Lipinski definition) is 6. The molecule has 0 saturated carbocycles. The Balaban J connectivity index is 1.85. The molecule has 0 unspecified atom stereocenters. The Labute approximate surface area is 146 Å². The third-order valence-corrected chi connectivity index (χ3v) is 5.53. The quantitative estimate of drug-likeness (QED) is 0.426. The third-order valence-electron chi connectivity index (χ3n) is 2.80. The lowest BCUT2D eigenvalue weighted by Crippen LogP contribution is -2.34. The smallest absolute Gasteiger partial charge is 0.324 e. The number of sulfonamides is 1. The van der Waals surface area contributed by atoms with Crippen molar-refractivity contribution in [2.45, 2.75) is 4.90 Å². The highest BCUT2D eigenvalue weighted by atomic mass is 35.5. The Morgan fingerprint density at radius 1 is 1.25 bits per heavy atom.